The fourth-order valence-corrected chi connectivity index (χ4v) is 3.10. The van der Waals surface area contributed by atoms with E-state index in [1.165, 1.54) is 18.2 Å². The molecule has 3 aromatic rings. The van der Waals surface area contributed by atoms with E-state index in [-0.39, 0.29) is 5.91 Å². The minimum absolute atomic E-state index is 0.292. The molecule has 1 heterocycles. The van der Waals surface area contributed by atoms with Crippen LogP contribution in [0.1, 0.15) is 5.56 Å². The molecule has 2 amide bonds. The number of para-hydroxylation sites is 1. The molecule has 2 atom stereocenters. The van der Waals surface area contributed by atoms with Crippen molar-refractivity contribution in [1.29, 1.82) is 0 Å². The summed E-state index contributed by atoms with van der Waals surface area (Å²) in [5.41, 5.74) is 2.01. The number of halogens is 1. The van der Waals surface area contributed by atoms with Crippen molar-refractivity contribution in [3.63, 3.8) is 0 Å². The lowest BCUT2D eigenvalue weighted by atomic mass is 10.1. The van der Waals surface area contributed by atoms with Crippen LogP contribution in [0.25, 0.3) is 0 Å². The molecule has 0 saturated carbocycles. The molecule has 0 bridgehead atoms. The quantitative estimate of drug-likeness (QED) is 0.652. The van der Waals surface area contributed by atoms with Gasteiger partial charge in [0.05, 0.1) is 6.54 Å². The highest BCUT2D eigenvalue weighted by Gasteiger charge is 2.52. The minimum Gasteiger partial charge on any atom is -0.349 e. The van der Waals surface area contributed by atoms with Gasteiger partial charge in [0.15, 0.2) is 12.2 Å². The van der Waals surface area contributed by atoms with Crippen LogP contribution in [-0.2, 0) is 20.9 Å². The first-order chi connectivity index (χ1) is 14.1. The second-order valence-electron chi connectivity index (χ2n) is 6.72. The van der Waals surface area contributed by atoms with Crippen molar-refractivity contribution in [3.05, 3.63) is 96.3 Å². The molecule has 29 heavy (non-hydrogen) atoms. The normalized spacial score (nSPS) is 17.4. The second kappa shape index (κ2) is 8.24. The third-order valence-electron chi connectivity index (χ3n) is 4.60. The van der Waals surface area contributed by atoms with E-state index in [1.807, 2.05) is 60.7 Å². The van der Waals surface area contributed by atoms with Gasteiger partial charge >= 0.3 is 0 Å². The highest BCUT2D eigenvalue weighted by molar-refractivity contribution is 6.06. The molecule has 1 aliphatic heterocycles. The van der Waals surface area contributed by atoms with E-state index < -0.39 is 23.9 Å². The Labute approximate surface area is 167 Å². The standard InChI is InChI=1S/C23H19FN2O3/c24-17-10-7-11-18(14-17)25-22(27)20-21(29-20)23(28)26(19-12-5-2-6-13-19)15-16-8-3-1-4-9-16/h1-14,20-21H,15H2,(H,25,27)/t20-,21-/m0/s1. The van der Waals surface area contributed by atoms with E-state index in [2.05, 4.69) is 5.32 Å². The molecule has 0 spiro atoms. The number of ether oxygens (including phenoxy) is 1. The number of amides is 2. The average Bonchev–Trinajstić information content (AvgIpc) is 3.54. The van der Waals surface area contributed by atoms with Gasteiger partial charge in [-0.1, -0.05) is 54.6 Å². The van der Waals surface area contributed by atoms with Gasteiger partial charge in [-0.15, -0.1) is 0 Å². The van der Waals surface area contributed by atoms with Gasteiger partial charge in [0.25, 0.3) is 11.8 Å². The van der Waals surface area contributed by atoms with Gasteiger partial charge in [-0.05, 0) is 35.9 Å². The maximum Gasteiger partial charge on any atom is 0.259 e. The zero-order valence-corrected chi connectivity index (χ0v) is 15.5. The first-order valence-corrected chi connectivity index (χ1v) is 9.24. The number of carbonyl (C=O) groups is 2. The Balaban J connectivity index is 1.47. The Kier molecular flexibility index (Phi) is 5.35. The molecule has 6 heteroatoms. The molecule has 3 aromatic carbocycles. The summed E-state index contributed by atoms with van der Waals surface area (Å²) in [6.07, 6.45) is -1.76. The molecular weight excluding hydrogens is 371 g/mol. The highest BCUT2D eigenvalue weighted by atomic mass is 19.1. The lowest BCUT2D eigenvalue weighted by Gasteiger charge is -2.22. The molecule has 0 unspecified atom stereocenters. The highest BCUT2D eigenvalue weighted by Crippen LogP contribution is 2.29. The van der Waals surface area contributed by atoms with Crippen molar-refractivity contribution < 1.29 is 18.7 Å². The Morgan fingerprint density at radius 2 is 1.59 bits per heavy atom. The van der Waals surface area contributed by atoms with E-state index in [1.54, 1.807) is 11.0 Å². The summed E-state index contributed by atoms with van der Waals surface area (Å²) in [5, 5.41) is 2.58. The number of rotatable bonds is 6. The smallest absolute Gasteiger partial charge is 0.259 e. The Morgan fingerprint density at radius 1 is 0.897 bits per heavy atom. The molecule has 1 N–H and O–H groups in total. The van der Waals surface area contributed by atoms with Crippen molar-refractivity contribution in [2.24, 2.45) is 0 Å². The number of nitrogens with one attached hydrogen (secondary N) is 1. The number of epoxide rings is 1. The molecule has 0 aliphatic carbocycles. The maximum absolute atomic E-state index is 13.3. The zero-order chi connectivity index (χ0) is 20.2. The topological polar surface area (TPSA) is 61.9 Å². The molecule has 1 saturated heterocycles. The number of benzene rings is 3. The number of hydrogen-bond acceptors (Lipinski definition) is 3. The minimum atomic E-state index is -0.896. The molecule has 146 valence electrons. The summed E-state index contributed by atoms with van der Waals surface area (Å²) in [6.45, 7) is 0.363. The number of anilines is 2. The number of carbonyl (C=O) groups excluding carboxylic acids is 2. The summed E-state index contributed by atoms with van der Waals surface area (Å²) in [6, 6.07) is 24.4. The van der Waals surface area contributed by atoms with Crippen LogP contribution in [0.2, 0.25) is 0 Å². The lowest BCUT2D eigenvalue weighted by Crippen LogP contribution is -2.36. The van der Waals surface area contributed by atoms with E-state index in [4.69, 9.17) is 4.74 Å². The predicted molar refractivity (Wildman–Crippen MR) is 108 cm³/mol. The van der Waals surface area contributed by atoms with Crippen LogP contribution in [0.5, 0.6) is 0 Å². The Hall–Kier alpha value is -3.51. The number of hydrogen-bond donors (Lipinski definition) is 1. The molecule has 1 fully saturated rings. The molecular formula is C23H19FN2O3. The fourth-order valence-electron chi connectivity index (χ4n) is 3.10. The summed E-state index contributed by atoms with van der Waals surface area (Å²) in [7, 11) is 0. The number of nitrogens with zero attached hydrogens (tertiary/aromatic N) is 1. The van der Waals surface area contributed by atoms with Gasteiger partial charge in [-0.3, -0.25) is 9.59 Å². The molecule has 1 aliphatic rings. The molecule has 0 radical (unpaired) electrons. The van der Waals surface area contributed by atoms with Gasteiger partial charge in [0, 0.05) is 11.4 Å². The van der Waals surface area contributed by atoms with Crippen LogP contribution in [0.4, 0.5) is 15.8 Å². The first-order valence-electron chi connectivity index (χ1n) is 9.24. The largest absolute Gasteiger partial charge is 0.349 e. The van der Waals surface area contributed by atoms with Crippen molar-refractivity contribution in [2.75, 3.05) is 10.2 Å². The predicted octanol–water partition coefficient (Wildman–Crippen LogP) is 3.77. The SMILES string of the molecule is O=C(Nc1cccc(F)c1)[C@H]1O[C@@H]1C(=O)N(Cc1ccccc1)c1ccccc1. The Morgan fingerprint density at radius 3 is 2.28 bits per heavy atom. The Bertz CT molecular complexity index is 1010. The van der Waals surface area contributed by atoms with Gasteiger partial charge < -0.3 is 15.0 Å². The van der Waals surface area contributed by atoms with E-state index >= 15 is 0 Å². The summed E-state index contributed by atoms with van der Waals surface area (Å²) < 4.78 is 18.7. The lowest BCUT2D eigenvalue weighted by molar-refractivity contribution is -0.120. The zero-order valence-electron chi connectivity index (χ0n) is 15.5. The van der Waals surface area contributed by atoms with Gasteiger partial charge in [-0.25, -0.2) is 4.39 Å². The van der Waals surface area contributed by atoms with Crippen molar-refractivity contribution >= 4 is 23.2 Å². The molecule has 4 rings (SSSR count). The van der Waals surface area contributed by atoms with E-state index in [0.717, 1.165) is 11.3 Å². The van der Waals surface area contributed by atoms with Crippen LogP contribution < -0.4 is 10.2 Å². The summed E-state index contributed by atoms with van der Waals surface area (Å²) in [4.78, 5) is 27.1. The van der Waals surface area contributed by atoms with Crippen LogP contribution in [0, 0.1) is 5.82 Å². The van der Waals surface area contributed by atoms with Crippen LogP contribution in [0.3, 0.4) is 0 Å². The third kappa shape index (κ3) is 4.50. The van der Waals surface area contributed by atoms with E-state index in [0.29, 0.717) is 12.2 Å². The second-order valence-corrected chi connectivity index (χ2v) is 6.72. The fraction of sp³-hybridized carbons (Fsp3) is 0.130. The first kappa shape index (κ1) is 18.8. The van der Waals surface area contributed by atoms with E-state index in [9.17, 15) is 14.0 Å². The van der Waals surface area contributed by atoms with Crippen molar-refractivity contribution in [1.82, 2.24) is 0 Å². The monoisotopic (exact) mass is 390 g/mol. The molecule has 5 nitrogen and oxygen atoms in total. The van der Waals surface area contributed by atoms with Gasteiger partial charge in [0.1, 0.15) is 5.82 Å². The summed E-state index contributed by atoms with van der Waals surface area (Å²) in [5.74, 6) is -1.22. The molecule has 0 aromatic heterocycles. The van der Waals surface area contributed by atoms with Gasteiger partial charge in [-0.2, -0.15) is 0 Å². The van der Waals surface area contributed by atoms with Crippen LogP contribution >= 0.6 is 0 Å². The third-order valence-corrected chi connectivity index (χ3v) is 4.60. The van der Waals surface area contributed by atoms with Gasteiger partial charge in [0.2, 0.25) is 0 Å². The van der Waals surface area contributed by atoms with Crippen LogP contribution in [-0.4, -0.2) is 24.0 Å². The maximum atomic E-state index is 13.3. The van der Waals surface area contributed by atoms with Crippen molar-refractivity contribution in [2.45, 2.75) is 18.8 Å². The van der Waals surface area contributed by atoms with Crippen molar-refractivity contribution in [3.8, 4) is 0 Å². The average molecular weight is 390 g/mol. The summed E-state index contributed by atoms with van der Waals surface area (Å²) >= 11 is 0. The van der Waals surface area contributed by atoms with Crippen LogP contribution in [0.15, 0.2) is 84.9 Å².